The highest BCUT2D eigenvalue weighted by Crippen LogP contribution is 2.23. The minimum Gasteiger partial charge on any atom is -0.494 e. The number of fused-ring (bicyclic) bond motifs is 3. The van der Waals surface area contributed by atoms with Crippen molar-refractivity contribution in [2.24, 2.45) is 5.73 Å². The van der Waals surface area contributed by atoms with Crippen molar-refractivity contribution >= 4 is 11.8 Å². The molecule has 0 saturated carbocycles. The summed E-state index contributed by atoms with van der Waals surface area (Å²) in [5, 5.41) is 0. The Morgan fingerprint density at radius 2 is 1.69 bits per heavy atom. The van der Waals surface area contributed by atoms with Gasteiger partial charge in [-0.05, 0) is 80.6 Å². The smallest absolute Gasteiger partial charge is 0.253 e. The van der Waals surface area contributed by atoms with Crippen molar-refractivity contribution in [2.45, 2.75) is 44.6 Å². The lowest BCUT2D eigenvalue weighted by Crippen LogP contribution is -2.45. The molecule has 0 aromatic heterocycles. The van der Waals surface area contributed by atoms with E-state index in [9.17, 15) is 9.59 Å². The van der Waals surface area contributed by atoms with Crippen LogP contribution in [-0.2, 0) is 6.42 Å². The number of amides is 2. The largest absolute Gasteiger partial charge is 0.494 e. The van der Waals surface area contributed by atoms with Crippen LogP contribution >= 0.6 is 0 Å². The monoisotopic (exact) mass is 435 g/mol. The first-order valence-electron chi connectivity index (χ1n) is 11.7. The van der Waals surface area contributed by atoms with E-state index in [0.717, 1.165) is 38.1 Å². The average molecular weight is 436 g/mol. The zero-order valence-electron chi connectivity index (χ0n) is 18.7. The molecule has 4 rings (SSSR count). The maximum Gasteiger partial charge on any atom is 0.253 e. The molecule has 2 aromatic rings. The average Bonchev–Trinajstić information content (AvgIpc) is 2.82. The van der Waals surface area contributed by atoms with Gasteiger partial charge in [-0.2, -0.15) is 0 Å². The van der Waals surface area contributed by atoms with Crippen LogP contribution in [0, 0.1) is 0 Å². The highest BCUT2D eigenvalue weighted by Gasteiger charge is 2.24. The molecule has 6 heteroatoms. The van der Waals surface area contributed by atoms with Gasteiger partial charge in [0.1, 0.15) is 5.75 Å². The second kappa shape index (κ2) is 10.6. The zero-order valence-corrected chi connectivity index (χ0v) is 18.7. The van der Waals surface area contributed by atoms with Crippen molar-refractivity contribution in [3.05, 3.63) is 65.2 Å². The topological polar surface area (TPSA) is 75.9 Å². The number of ether oxygens (including phenoxy) is 1. The number of rotatable bonds is 2. The van der Waals surface area contributed by atoms with Crippen LogP contribution in [0.4, 0.5) is 0 Å². The van der Waals surface area contributed by atoms with Gasteiger partial charge in [0.2, 0.25) is 5.91 Å². The second-order valence-electron chi connectivity index (χ2n) is 8.81. The molecule has 2 bridgehead atoms. The molecule has 0 aliphatic carbocycles. The lowest BCUT2D eigenvalue weighted by Gasteiger charge is -2.37. The predicted octanol–water partition coefficient (Wildman–Crippen LogP) is 3.50. The SMILES string of the molecule is NC(=O)c1ccc(C(=O)N2CCCOc3cccc(c3)CCC3CCCCN3CC2)cc1. The summed E-state index contributed by atoms with van der Waals surface area (Å²) in [7, 11) is 0. The zero-order chi connectivity index (χ0) is 22.3. The van der Waals surface area contributed by atoms with Gasteiger partial charge in [0.05, 0.1) is 6.61 Å². The third-order valence-corrected chi connectivity index (χ3v) is 6.62. The normalized spacial score (nSPS) is 20.5. The summed E-state index contributed by atoms with van der Waals surface area (Å²) in [6.45, 7) is 3.88. The van der Waals surface area contributed by atoms with E-state index in [1.807, 2.05) is 11.0 Å². The Balaban J connectivity index is 1.51. The van der Waals surface area contributed by atoms with Gasteiger partial charge in [0.15, 0.2) is 0 Å². The minimum absolute atomic E-state index is 0.0105. The summed E-state index contributed by atoms with van der Waals surface area (Å²) in [5.74, 6) is 0.406. The number of carbonyl (C=O) groups is 2. The van der Waals surface area contributed by atoms with Crippen molar-refractivity contribution in [1.82, 2.24) is 9.80 Å². The number of nitrogens with zero attached hydrogens (tertiary/aromatic N) is 2. The number of benzene rings is 2. The summed E-state index contributed by atoms with van der Waals surface area (Å²) in [4.78, 5) is 29.1. The van der Waals surface area contributed by atoms with Gasteiger partial charge in [-0.25, -0.2) is 0 Å². The Bertz CT molecular complexity index is 928. The lowest BCUT2D eigenvalue weighted by molar-refractivity contribution is 0.0682. The van der Waals surface area contributed by atoms with Crippen LogP contribution < -0.4 is 10.5 Å². The molecule has 1 unspecified atom stereocenters. The van der Waals surface area contributed by atoms with E-state index in [4.69, 9.17) is 10.5 Å². The number of carbonyl (C=O) groups excluding carboxylic acids is 2. The predicted molar refractivity (Wildman–Crippen MR) is 125 cm³/mol. The van der Waals surface area contributed by atoms with Gasteiger partial charge in [-0.15, -0.1) is 0 Å². The van der Waals surface area contributed by atoms with Crippen LogP contribution in [0.25, 0.3) is 0 Å². The van der Waals surface area contributed by atoms with E-state index in [1.165, 1.54) is 24.8 Å². The number of piperidine rings is 1. The van der Waals surface area contributed by atoms with Crippen molar-refractivity contribution < 1.29 is 14.3 Å². The van der Waals surface area contributed by atoms with Crippen LogP contribution in [0.3, 0.4) is 0 Å². The van der Waals surface area contributed by atoms with Gasteiger partial charge in [0, 0.05) is 36.8 Å². The summed E-state index contributed by atoms with van der Waals surface area (Å²) >= 11 is 0. The molecule has 32 heavy (non-hydrogen) atoms. The highest BCUT2D eigenvalue weighted by atomic mass is 16.5. The van der Waals surface area contributed by atoms with Gasteiger partial charge in [-0.3, -0.25) is 14.5 Å². The Morgan fingerprint density at radius 3 is 2.50 bits per heavy atom. The fourth-order valence-corrected chi connectivity index (χ4v) is 4.77. The van der Waals surface area contributed by atoms with E-state index in [0.29, 0.717) is 36.9 Å². The molecule has 1 atom stereocenters. The summed E-state index contributed by atoms with van der Waals surface area (Å²) in [6.07, 6.45) is 6.66. The van der Waals surface area contributed by atoms with Gasteiger partial charge < -0.3 is 15.4 Å². The molecular weight excluding hydrogens is 402 g/mol. The molecular formula is C26H33N3O3. The Morgan fingerprint density at radius 1 is 0.875 bits per heavy atom. The number of hydrogen-bond donors (Lipinski definition) is 1. The Labute approximate surface area is 190 Å². The summed E-state index contributed by atoms with van der Waals surface area (Å²) in [6, 6.07) is 15.6. The third kappa shape index (κ3) is 5.68. The van der Waals surface area contributed by atoms with Crippen molar-refractivity contribution in [2.75, 3.05) is 32.8 Å². The molecule has 2 N–H and O–H groups in total. The van der Waals surface area contributed by atoms with Crippen LogP contribution in [0.1, 0.15) is 58.4 Å². The summed E-state index contributed by atoms with van der Waals surface area (Å²) < 4.78 is 5.97. The standard InChI is InChI=1S/C26H33N3O3/c27-25(30)21-9-11-22(12-10-21)26(31)29-15-4-18-32-24-7-3-5-20(19-24)8-13-23-6-1-2-14-28(23)16-17-29/h3,5,7,9-12,19,23H,1-2,4,6,8,13-18H2,(H2,27,30). The number of aryl methyl sites for hydroxylation is 1. The van der Waals surface area contributed by atoms with E-state index in [2.05, 4.69) is 23.1 Å². The molecule has 2 aromatic carbocycles. The third-order valence-electron chi connectivity index (χ3n) is 6.62. The fourth-order valence-electron chi connectivity index (χ4n) is 4.77. The van der Waals surface area contributed by atoms with Crippen LogP contribution in [0.5, 0.6) is 5.75 Å². The number of primary amides is 1. The molecule has 170 valence electrons. The minimum atomic E-state index is -0.486. The van der Waals surface area contributed by atoms with E-state index in [1.54, 1.807) is 24.3 Å². The van der Waals surface area contributed by atoms with Crippen LogP contribution in [-0.4, -0.2) is 60.4 Å². The Hall–Kier alpha value is -2.86. The van der Waals surface area contributed by atoms with E-state index >= 15 is 0 Å². The van der Waals surface area contributed by atoms with Gasteiger partial charge >= 0.3 is 0 Å². The molecule has 2 amide bonds. The molecule has 1 fully saturated rings. The molecule has 1 saturated heterocycles. The molecule has 0 radical (unpaired) electrons. The number of nitrogens with two attached hydrogens (primary N) is 1. The van der Waals surface area contributed by atoms with Crippen molar-refractivity contribution in [3.63, 3.8) is 0 Å². The number of hydrogen-bond acceptors (Lipinski definition) is 4. The first-order valence-corrected chi connectivity index (χ1v) is 11.7. The highest BCUT2D eigenvalue weighted by molar-refractivity contribution is 5.97. The maximum atomic E-state index is 13.3. The van der Waals surface area contributed by atoms with Crippen molar-refractivity contribution in [1.29, 1.82) is 0 Å². The van der Waals surface area contributed by atoms with E-state index < -0.39 is 5.91 Å². The fraction of sp³-hybridized carbons (Fsp3) is 0.462. The van der Waals surface area contributed by atoms with Crippen LogP contribution in [0.15, 0.2) is 48.5 Å². The van der Waals surface area contributed by atoms with Gasteiger partial charge in [0.25, 0.3) is 5.91 Å². The lowest BCUT2D eigenvalue weighted by atomic mass is 9.95. The second-order valence-corrected chi connectivity index (χ2v) is 8.81. The molecule has 6 nitrogen and oxygen atoms in total. The van der Waals surface area contributed by atoms with Gasteiger partial charge in [-0.1, -0.05) is 18.6 Å². The van der Waals surface area contributed by atoms with E-state index in [-0.39, 0.29) is 5.91 Å². The van der Waals surface area contributed by atoms with Crippen LogP contribution in [0.2, 0.25) is 0 Å². The Kier molecular flexibility index (Phi) is 7.43. The first-order chi connectivity index (χ1) is 15.6. The molecule has 2 aliphatic rings. The van der Waals surface area contributed by atoms with Crippen molar-refractivity contribution in [3.8, 4) is 5.75 Å². The summed E-state index contributed by atoms with van der Waals surface area (Å²) in [5.41, 5.74) is 7.66. The maximum absolute atomic E-state index is 13.3. The molecule has 2 heterocycles. The quantitative estimate of drug-likeness (QED) is 0.783. The first kappa shape index (κ1) is 22.3. The molecule has 0 spiro atoms. The molecule has 2 aliphatic heterocycles.